The van der Waals surface area contributed by atoms with Crippen molar-refractivity contribution < 1.29 is 18.7 Å². The van der Waals surface area contributed by atoms with Gasteiger partial charge >= 0.3 is 5.97 Å². The first kappa shape index (κ1) is 17.7. The molecule has 1 heterocycles. The number of nitrogens with zero attached hydrogens (tertiary/aromatic N) is 1. The number of rotatable bonds is 7. The van der Waals surface area contributed by atoms with Gasteiger partial charge in [0.2, 0.25) is 5.88 Å². The highest BCUT2D eigenvalue weighted by molar-refractivity contribution is 5.96. The second-order valence-electron chi connectivity index (χ2n) is 5.12. The first-order valence-electron chi connectivity index (χ1n) is 7.85. The van der Waals surface area contributed by atoms with Gasteiger partial charge in [-0.1, -0.05) is 32.1 Å². The SMILES string of the molecule is C=Cc1ccnc(Oc2ccc(CCC)cc2F)c1C(=O)OCC. The third-order valence-corrected chi connectivity index (χ3v) is 3.39. The molecule has 0 unspecified atom stereocenters. The number of hydrogen-bond donors (Lipinski definition) is 0. The number of aryl methyl sites for hydroxylation is 1. The van der Waals surface area contributed by atoms with Crippen LogP contribution in [0.2, 0.25) is 0 Å². The van der Waals surface area contributed by atoms with E-state index >= 15 is 0 Å². The lowest BCUT2D eigenvalue weighted by Crippen LogP contribution is -2.10. The number of ether oxygens (including phenoxy) is 2. The van der Waals surface area contributed by atoms with E-state index in [1.165, 1.54) is 24.4 Å². The predicted octanol–water partition coefficient (Wildman–Crippen LogP) is 4.79. The van der Waals surface area contributed by atoms with Crippen LogP contribution in [0, 0.1) is 5.82 Å². The fourth-order valence-corrected chi connectivity index (χ4v) is 2.29. The maximum absolute atomic E-state index is 14.2. The number of aromatic nitrogens is 1. The molecule has 1 aromatic heterocycles. The normalized spacial score (nSPS) is 10.3. The van der Waals surface area contributed by atoms with Crippen LogP contribution < -0.4 is 4.74 Å². The Morgan fingerprint density at radius 3 is 2.75 bits per heavy atom. The lowest BCUT2D eigenvalue weighted by atomic mass is 10.1. The molecule has 0 bridgehead atoms. The molecule has 0 aliphatic carbocycles. The van der Waals surface area contributed by atoms with Crippen LogP contribution in [-0.2, 0) is 11.2 Å². The molecular formula is C19H20FNO3. The minimum Gasteiger partial charge on any atom is -0.462 e. The summed E-state index contributed by atoms with van der Waals surface area (Å²) in [5.74, 6) is -1.08. The van der Waals surface area contributed by atoms with Gasteiger partial charge in [0.15, 0.2) is 11.6 Å². The van der Waals surface area contributed by atoms with E-state index in [2.05, 4.69) is 11.6 Å². The summed E-state index contributed by atoms with van der Waals surface area (Å²) in [6.07, 6.45) is 4.69. The third-order valence-electron chi connectivity index (χ3n) is 3.39. The van der Waals surface area contributed by atoms with Crippen molar-refractivity contribution in [3.63, 3.8) is 0 Å². The van der Waals surface area contributed by atoms with Gasteiger partial charge < -0.3 is 9.47 Å². The molecule has 2 aromatic rings. The van der Waals surface area contributed by atoms with Gasteiger partial charge in [-0.05, 0) is 42.7 Å². The number of carbonyl (C=O) groups excluding carboxylic acids is 1. The van der Waals surface area contributed by atoms with Gasteiger partial charge in [-0.15, -0.1) is 0 Å². The highest BCUT2D eigenvalue weighted by Crippen LogP contribution is 2.29. The number of halogens is 1. The Balaban J connectivity index is 2.39. The average molecular weight is 329 g/mol. The Hall–Kier alpha value is -2.69. The van der Waals surface area contributed by atoms with E-state index in [1.54, 1.807) is 19.1 Å². The number of hydrogen-bond acceptors (Lipinski definition) is 4. The second-order valence-corrected chi connectivity index (χ2v) is 5.12. The summed E-state index contributed by atoms with van der Waals surface area (Å²) in [4.78, 5) is 16.2. The Morgan fingerprint density at radius 1 is 1.33 bits per heavy atom. The molecule has 24 heavy (non-hydrogen) atoms. The molecule has 4 nitrogen and oxygen atoms in total. The molecule has 0 aliphatic rings. The molecule has 126 valence electrons. The van der Waals surface area contributed by atoms with Crippen LogP contribution in [-0.4, -0.2) is 17.6 Å². The van der Waals surface area contributed by atoms with Crippen molar-refractivity contribution in [2.45, 2.75) is 26.7 Å². The molecule has 0 aliphatic heterocycles. The van der Waals surface area contributed by atoms with Crippen LogP contribution in [0.3, 0.4) is 0 Å². The Morgan fingerprint density at radius 2 is 2.12 bits per heavy atom. The van der Waals surface area contributed by atoms with Crippen molar-refractivity contribution in [2.75, 3.05) is 6.61 Å². The summed E-state index contributed by atoms with van der Waals surface area (Å²) >= 11 is 0. The zero-order valence-corrected chi connectivity index (χ0v) is 13.8. The zero-order valence-electron chi connectivity index (χ0n) is 13.8. The van der Waals surface area contributed by atoms with Gasteiger partial charge in [-0.2, -0.15) is 0 Å². The summed E-state index contributed by atoms with van der Waals surface area (Å²) in [5.41, 5.74) is 1.54. The van der Waals surface area contributed by atoms with E-state index in [-0.39, 0.29) is 23.8 Å². The maximum Gasteiger partial charge on any atom is 0.344 e. The molecule has 0 N–H and O–H groups in total. The second kappa shape index (κ2) is 8.24. The summed E-state index contributed by atoms with van der Waals surface area (Å²) in [6.45, 7) is 7.61. The first-order valence-corrected chi connectivity index (χ1v) is 7.85. The molecule has 0 atom stereocenters. The van der Waals surface area contributed by atoms with Crippen LogP contribution in [0.5, 0.6) is 11.6 Å². The van der Waals surface area contributed by atoms with Crippen LogP contribution >= 0.6 is 0 Å². The third kappa shape index (κ3) is 3.98. The highest BCUT2D eigenvalue weighted by atomic mass is 19.1. The summed E-state index contributed by atoms with van der Waals surface area (Å²) in [6, 6.07) is 6.38. The van der Waals surface area contributed by atoms with Gasteiger partial charge in [0, 0.05) is 6.20 Å². The molecule has 0 spiro atoms. The molecule has 1 aromatic carbocycles. The fraction of sp³-hybridized carbons (Fsp3) is 0.263. The standard InChI is InChI=1S/C19H20FNO3/c1-4-7-13-8-9-16(15(20)12-13)24-18-17(19(22)23-6-3)14(5-2)10-11-21-18/h5,8-12H,2,4,6-7H2,1,3H3. The first-order chi connectivity index (χ1) is 11.6. The molecule has 0 fully saturated rings. The molecule has 0 radical (unpaired) electrons. The highest BCUT2D eigenvalue weighted by Gasteiger charge is 2.20. The largest absolute Gasteiger partial charge is 0.462 e. The lowest BCUT2D eigenvalue weighted by molar-refractivity contribution is 0.0522. The minimum absolute atomic E-state index is 0.00649. The minimum atomic E-state index is -0.585. The summed E-state index contributed by atoms with van der Waals surface area (Å²) in [7, 11) is 0. The molecule has 0 saturated carbocycles. The monoisotopic (exact) mass is 329 g/mol. The van der Waals surface area contributed by atoms with Crippen molar-refractivity contribution >= 4 is 12.0 Å². The van der Waals surface area contributed by atoms with Gasteiger partial charge in [0.05, 0.1) is 6.61 Å². The van der Waals surface area contributed by atoms with E-state index in [0.29, 0.717) is 5.56 Å². The zero-order chi connectivity index (χ0) is 17.5. The van der Waals surface area contributed by atoms with Crippen molar-refractivity contribution in [3.05, 3.63) is 59.5 Å². The Bertz CT molecular complexity index is 743. The maximum atomic E-state index is 14.2. The van der Waals surface area contributed by atoms with E-state index < -0.39 is 11.8 Å². The lowest BCUT2D eigenvalue weighted by Gasteiger charge is -2.12. The molecule has 2 rings (SSSR count). The van der Waals surface area contributed by atoms with Gasteiger partial charge in [0.1, 0.15) is 5.56 Å². The van der Waals surface area contributed by atoms with Gasteiger partial charge in [0.25, 0.3) is 0 Å². The summed E-state index contributed by atoms with van der Waals surface area (Å²) in [5, 5.41) is 0. The quantitative estimate of drug-likeness (QED) is 0.686. The summed E-state index contributed by atoms with van der Waals surface area (Å²) < 4.78 is 24.8. The van der Waals surface area contributed by atoms with E-state index in [0.717, 1.165) is 18.4 Å². The molecular weight excluding hydrogens is 309 g/mol. The van der Waals surface area contributed by atoms with Crippen molar-refractivity contribution in [2.24, 2.45) is 0 Å². The van der Waals surface area contributed by atoms with Crippen LogP contribution in [0.25, 0.3) is 6.08 Å². The van der Waals surface area contributed by atoms with Gasteiger partial charge in [-0.25, -0.2) is 14.2 Å². The van der Waals surface area contributed by atoms with Crippen LogP contribution in [0.15, 0.2) is 37.0 Å². The average Bonchev–Trinajstić information content (AvgIpc) is 2.57. The molecule has 0 amide bonds. The smallest absolute Gasteiger partial charge is 0.344 e. The van der Waals surface area contributed by atoms with Gasteiger partial charge in [-0.3, -0.25) is 0 Å². The Labute approximate surface area is 140 Å². The molecule has 5 heteroatoms. The van der Waals surface area contributed by atoms with E-state index in [1.807, 2.05) is 6.92 Å². The van der Waals surface area contributed by atoms with Crippen LogP contribution in [0.1, 0.15) is 41.8 Å². The topological polar surface area (TPSA) is 48.4 Å². The molecule has 0 saturated heterocycles. The van der Waals surface area contributed by atoms with Crippen LogP contribution in [0.4, 0.5) is 4.39 Å². The van der Waals surface area contributed by atoms with Crippen molar-refractivity contribution in [1.82, 2.24) is 4.98 Å². The Kier molecular flexibility index (Phi) is 6.07. The van der Waals surface area contributed by atoms with E-state index in [4.69, 9.17) is 9.47 Å². The number of benzene rings is 1. The van der Waals surface area contributed by atoms with E-state index in [9.17, 15) is 9.18 Å². The number of carbonyl (C=O) groups is 1. The predicted molar refractivity (Wildman–Crippen MR) is 90.8 cm³/mol. The van der Waals surface area contributed by atoms with Crippen molar-refractivity contribution in [3.8, 4) is 11.6 Å². The number of pyridine rings is 1. The number of esters is 1. The fourth-order valence-electron chi connectivity index (χ4n) is 2.29. The van der Waals surface area contributed by atoms with Crippen molar-refractivity contribution in [1.29, 1.82) is 0 Å².